The number of carbonyl (C=O) groups is 1. The second-order valence-electron chi connectivity index (χ2n) is 4.62. The summed E-state index contributed by atoms with van der Waals surface area (Å²) in [7, 11) is 1.55. The van der Waals surface area contributed by atoms with Crippen LogP contribution in [-0.2, 0) is 0 Å². The predicted molar refractivity (Wildman–Crippen MR) is 69.8 cm³/mol. The lowest BCUT2D eigenvalue weighted by Gasteiger charge is -2.35. The zero-order valence-corrected chi connectivity index (χ0v) is 11.1. The number of methoxy groups -OCH3 is 1. The first-order valence-electron chi connectivity index (χ1n) is 6.58. The zero-order valence-electron chi connectivity index (χ0n) is 11.1. The van der Waals surface area contributed by atoms with Gasteiger partial charge in [-0.3, -0.25) is 4.79 Å². The molecule has 4 nitrogen and oxygen atoms in total. The van der Waals surface area contributed by atoms with Crippen LogP contribution in [0.3, 0.4) is 0 Å². The highest BCUT2D eigenvalue weighted by atomic mass is 16.5. The van der Waals surface area contributed by atoms with Crippen molar-refractivity contribution in [2.24, 2.45) is 0 Å². The van der Waals surface area contributed by atoms with E-state index in [4.69, 9.17) is 4.74 Å². The molecule has 1 aromatic heterocycles. The van der Waals surface area contributed by atoms with Crippen LogP contribution in [0.5, 0.6) is 5.88 Å². The highest BCUT2D eigenvalue weighted by Gasteiger charge is 2.28. The lowest BCUT2D eigenvalue weighted by Crippen LogP contribution is -2.43. The second kappa shape index (κ2) is 5.85. The molecule has 1 unspecified atom stereocenters. The predicted octanol–water partition coefficient (Wildman–Crippen LogP) is 2.49. The number of pyridine rings is 1. The molecule has 1 aromatic rings. The standard InChI is InChI=1S/C14H20N2O2/c1-3-11-7-4-5-10-16(11)14(17)12-8-6-9-15-13(12)18-2/h6,8-9,11H,3-5,7,10H2,1-2H3. The summed E-state index contributed by atoms with van der Waals surface area (Å²) in [5.74, 6) is 0.467. The van der Waals surface area contributed by atoms with Crippen molar-refractivity contribution in [3.8, 4) is 5.88 Å². The molecule has 0 N–H and O–H groups in total. The van der Waals surface area contributed by atoms with Gasteiger partial charge in [0.05, 0.1) is 7.11 Å². The van der Waals surface area contributed by atoms with E-state index in [1.165, 1.54) is 6.42 Å². The number of nitrogens with zero attached hydrogens (tertiary/aromatic N) is 2. The molecule has 0 radical (unpaired) electrons. The molecule has 1 atom stereocenters. The van der Waals surface area contributed by atoms with Crippen molar-refractivity contribution in [1.29, 1.82) is 0 Å². The molecule has 0 spiro atoms. The van der Waals surface area contributed by atoms with Gasteiger partial charge in [-0.2, -0.15) is 0 Å². The summed E-state index contributed by atoms with van der Waals surface area (Å²) in [6.45, 7) is 2.98. The molecule has 1 aliphatic rings. The fourth-order valence-electron chi connectivity index (χ4n) is 2.56. The van der Waals surface area contributed by atoms with Gasteiger partial charge in [0, 0.05) is 18.8 Å². The quantitative estimate of drug-likeness (QED) is 0.825. The van der Waals surface area contributed by atoms with Gasteiger partial charge in [0.1, 0.15) is 5.56 Å². The third-order valence-corrected chi connectivity index (χ3v) is 3.55. The van der Waals surface area contributed by atoms with Crippen LogP contribution in [-0.4, -0.2) is 35.5 Å². The van der Waals surface area contributed by atoms with Crippen LogP contribution in [0.4, 0.5) is 0 Å². The van der Waals surface area contributed by atoms with Crippen molar-refractivity contribution in [2.45, 2.75) is 38.6 Å². The number of likely N-dealkylation sites (tertiary alicyclic amines) is 1. The molecule has 4 heteroatoms. The molecule has 98 valence electrons. The maximum absolute atomic E-state index is 12.6. The first-order valence-corrected chi connectivity index (χ1v) is 6.58. The van der Waals surface area contributed by atoms with Crippen LogP contribution in [0.2, 0.25) is 0 Å². The van der Waals surface area contributed by atoms with Crippen molar-refractivity contribution in [3.63, 3.8) is 0 Å². The second-order valence-corrected chi connectivity index (χ2v) is 4.62. The Morgan fingerprint density at radius 2 is 2.39 bits per heavy atom. The number of aromatic nitrogens is 1. The van der Waals surface area contributed by atoms with Crippen LogP contribution < -0.4 is 4.74 Å². The van der Waals surface area contributed by atoms with Gasteiger partial charge in [-0.05, 0) is 37.8 Å². The summed E-state index contributed by atoms with van der Waals surface area (Å²) >= 11 is 0. The summed E-state index contributed by atoms with van der Waals surface area (Å²) in [5.41, 5.74) is 0.570. The highest BCUT2D eigenvalue weighted by molar-refractivity contribution is 5.96. The van der Waals surface area contributed by atoms with Gasteiger partial charge in [-0.1, -0.05) is 6.92 Å². The number of amides is 1. The maximum Gasteiger partial charge on any atom is 0.259 e. The van der Waals surface area contributed by atoms with Crippen LogP contribution in [0.1, 0.15) is 43.0 Å². The minimum atomic E-state index is 0.0477. The SMILES string of the molecule is CCC1CCCCN1C(=O)c1cccnc1OC. The molecule has 2 heterocycles. The van der Waals surface area contributed by atoms with E-state index in [-0.39, 0.29) is 5.91 Å². The summed E-state index contributed by atoms with van der Waals surface area (Å²) in [4.78, 5) is 18.6. The van der Waals surface area contributed by atoms with Gasteiger partial charge in [-0.15, -0.1) is 0 Å². The van der Waals surface area contributed by atoms with Gasteiger partial charge in [-0.25, -0.2) is 4.98 Å². The van der Waals surface area contributed by atoms with Crippen LogP contribution >= 0.6 is 0 Å². The molecule has 18 heavy (non-hydrogen) atoms. The van der Waals surface area contributed by atoms with E-state index in [0.717, 1.165) is 25.8 Å². The molecule has 0 bridgehead atoms. The Kier molecular flexibility index (Phi) is 4.18. The van der Waals surface area contributed by atoms with Crippen molar-refractivity contribution in [1.82, 2.24) is 9.88 Å². The number of rotatable bonds is 3. The van der Waals surface area contributed by atoms with E-state index in [9.17, 15) is 4.79 Å². The van der Waals surface area contributed by atoms with Gasteiger partial charge < -0.3 is 9.64 Å². The summed E-state index contributed by atoms with van der Waals surface area (Å²) in [5, 5.41) is 0. The number of hydrogen-bond acceptors (Lipinski definition) is 3. The van der Waals surface area contributed by atoms with Crippen LogP contribution in [0.15, 0.2) is 18.3 Å². The van der Waals surface area contributed by atoms with Crippen molar-refractivity contribution in [3.05, 3.63) is 23.9 Å². The fraction of sp³-hybridized carbons (Fsp3) is 0.571. The lowest BCUT2D eigenvalue weighted by atomic mass is 9.99. The van der Waals surface area contributed by atoms with Gasteiger partial charge >= 0.3 is 0 Å². The monoisotopic (exact) mass is 248 g/mol. The van der Waals surface area contributed by atoms with E-state index in [1.807, 2.05) is 4.90 Å². The van der Waals surface area contributed by atoms with Crippen molar-refractivity contribution >= 4 is 5.91 Å². The summed E-state index contributed by atoms with van der Waals surface area (Å²) < 4.78 is 5.17. The Labute approximate surface area is 108 Å². The normalized spacial score (nSPS) is 19.7. The average Bonchev–Trinajstić information content (AvgIpc) is 2.46. The maximum atomic E-state index is 12.6. The Morgan fingerprint density at radius 1 is 1.56 bits per heavy atom. The molecule has 0 saturated carbocycles. The molecule has 1 amide bonds. The molecular weight excluding hydrogens is 228 g/mol. The van der Waals surface area contributed by atoms with E-state index < -0.39 is 0 Å². The minimum Gasteiger partial charge on any atom is -0.480 e. The van der Waals surface area contributed by atoms with Crippen LogP contribution in [0.25, 0.3) is 0 Å². The summed E-state index contributed by atoms with van der Waals surface area (Å²) in [6.07, 6.45) is 6.06. The van der Waals surface area contributed by atoms with Crippen molar-refractivity contribution in [2.75, 3.05) is 13.7 Å². The summed E-state index contributed by atoms with van der Waals surface area (Å²) in [6, 6.07) is 3.92. The zero-order chi connectivity index (χ0) is 13.0. The first kappa shape index (κ1) is 12.9. The average molecular weight is 248 g/mol. The van der Waals surface area contributed by atoms with Gasteiger partial charge in [0.2, 0.25) is 5.88 Å². The Balaban J connectivity index is 2.24. The third-order valence-electron chi connectivity index (χ3n) is 3.55. The molecule has 1 saturated heterocycles. The molecule has 1 aliphatic heterocycles. The Hall–Kier alpha value is -1.58. The molecular formula is C14H20N2O2. The third kappa shape index (κ3) is 2.47. The molecule has 1 fully saturated rings. The number of hydrogen-bond donors (Lipinski definition) is 0. The first-order chi connectivity index (χ1) is 8.77. The Morgan fingerprint density at radius 3 is 3.11 bits per heavy atom. The van der Waals surface area contributed by atoms with E-state index >= 15 is 0 Å². The van der Waals surface area contributed by atoms with E-state index in [0.29, 0.717) is 17.5 Å². The Bertz CT molecular complexity index is 420. The molecule has 0 aromatic carbocycles. The topological polar surface area (TPSA) is 42.4 Å². The van der Waals surface area contributed by atoms with E-state index in [2.05, 4.69) is 11.9 Å². The van der Waals surface area contributed by atoms with Crippen LogP contribution in [0, 0.1) is 0 Å². The van der Waals surface area contributed by atoms with Crippen molar-refractivity contribution < 1.29 is 9.53 Å². The highest BCUT2D eigenvalue weighted by Crippen LogP contribution is 2.24. The number of carbonyl (C=O) groups excluding carboxylic acids is 1. The number of ether oxygens (including phenoxy) is 1. The largest absolute Gasteiger partial charge is 0.480 e. The van der Waals surface area contributed by atoms with Gasteiger partial charge in [0.25, 0.3) is 5.91 Å². The molecule has 0 aliphatic carbocycles. The van der Waals surface area contributed by atoms with E-state index in [1.54, 1.807) is 25.4 Å². The number of piperidine rings is 1. The fourth-order valence-corrected chi connectivity index (χ4v) is 2.56. The minimum absolute atomic E-state index is 0.0477. The molecule has 2 rings (SSSR count). The smallest absolute Gasteiger partial charge is 0.259 e. The lowest BCUT2D eigenvalue weighted by molar-refractivity contribution is 0.0604. The van der Waals surface area contributed by atoms with Gasteiger partial charge in [0.15, 0.2) is 0 Å².